The van der Waals surface area contributed by atoms with Crippen molar-refractivity contribution in [3.05, 3.63) is 47.2 Å². The topological polar surface area (TPSA) is 152 Å². The number of Topliss-reactive ketones (excluding diaryl/α,β-unsaturated/α-hetero) is 1. The number of carbonyl (C=O) groups is 4. The van der Waals surface area contributed by atoms with Crippen LogP contribution in [-0.2, 0) is 16.1 Å². The first-order valence-electron chi connectivity index (χ1n) is 10.5. The Kier molecular flexibility index (Phi) is 6.46. The van der Waals surface area contributed by atoms with E-state index >= 15 is 0 Å². The van der Waals surface area contributed by atoms with Crippen molar-refractivity contribution in [2.75, 3.05) is 17.2 Å². The zero-order chi connectivity index (χ0) is 24.4. The molecule has 1 saturated carbocycles. The predicted molar refractivity (Wildman–Crippen MR) is 126 cm³/mol. The van der Waals surface area contributed by atoms with Gasteiger partial charge in [0.25, 0.3) is 0 Å². The molecule has 0 saturated heterocycles. The fourth-order valence-corrected chi connectivity index (χ4v) is 3.78. The van der Waals surface area contributed by atoms with Crippen LogP contribution in [0.5, 0.6) is 0 Å². The second-order valence-corrected chi connectivity index (χ2v) is 8.32. The molecule has 4 amide bonds. The van der Waals surface area contributed by atoms with Crippen molar-refractivity contribution in [1.82, 2.24) is 19.7 Å². The Hall–Kier alpha value is -3.99. The minimum absolute atomic E-state index is 0.0361. The lowest BCUT2D eigenvalue weighted by Crippen LogP contribution is -2.41. The molecule has 1 aromatic carbocycles. The molecule has 1 aliphatic rings. The number of rotatable bonds is 8. The fourth-order valence-electron chi connectivity index (χ4n) is 3.62. The number of aromatic nitrogens is 3. The molecule has 2 heterocycles. The van der Waals surface area contributed by atoms with E-state index in [1.54, 1.807) is 36.4 Å². The molecular formula is C22H22ClN7O4. The summed E-state index contributed by atoms with van der Waals surface area (Å²) in [6.07, 6.45) is 1.60. The maximum absolute atomic E-state index is 13.2. The third-order valence-corrected chi connectivity index (χ3v) is 5.45. The molecule has 0 atom stereocenters. The van der Waals surface area contributed by atoms with Gasteiger partial charge < -0.3 is 21.3 Å². The number of hydrogen-bond acceptors (Lipinski definition) is 6. The zero-order valence-corrected chi connectivity index (χ0v) is 19.0. The van der Waals surface area contributed by atoms with Crippen LogP contribution in [0.2, 0.25) is 5.15 Å². The van der Waals surface area contributed by atoms with Crippen molar-refractivity contribution in [3.8, 4) is 0 Å². The first-order chi connectivity index (χ1) is 16.2. The summed E-state index contributed by atoms with van der Waals surface area (Å²) in [6.45, 7) is 1.06. The molecule has 4 N–H and O–H groups in total. The molecule has 1 aliphatic carbocycles. The first kappa shape index (κ1) is 23.2. The van der Waals surface area contributed by atoms with Crippen molar-refractivity contribution in [2.24, 2.45) is 5.73 Å². The van der Waals surface area contributed by atoms with Gasteiger partial charge >= 0.3 is 6.03 Å². The Balaban J connectivity index is 1.53. The molecule has 0 bridgehead atoms. The summed E-state index contributed by atoms with van der Waals surface area (Å²) < 4.78 is 1.42. The van der Waals surface area contributed by atoms with Crippen molar-refractivity contribution >= 4 is 57.6 Å². The van der Waals surface area contributed by atoms with Crippen LogP contribution < -0.4 is 16.4 Å². The van der Waals surface area contributed by atoms with Gasteiger partial charge in [0, 0.05) is 24.0 Å². The summed E-state index contributed by atoms with van der Waals surface area (Å²) in [6, 6.07) is 8.91. The number of nitrogens with zero attached hydrogens (tertiary/aromatic N) is 4. The van der Waals surface area contributed by atoms with Crippen LogP contribution in [0, 0.1) is 0 Å². The van der Waals surface area contributed by atoms with Gasteiger partial charge in [-0.25, -0.2) is 9.78 Å². The number of amides is 4. The summed E-state index contributed by atoms with van der Waals surface area (Å²) in [5, 5.41) is 10.1. The quantitative estimate of drug-likeness (QED) is 0.330. The van der Waals surface area contributed by atoms with Crippen LogP contribution in [0.1, 0.15) is 30.3 Å². The lowest BCUT2D eigenvalue weighted by Gasteiger charge is -2.22. The average Bonchev–Trinajstić information content (AvgIpc) is 3.53. The Bertz CT molecular complexity index is 1300. The van der Waals surface area contributed by atoms with Gasteiger partial charge in [0.1, 0.15) is 29.8 Å². The predicted octanol–water partition coefficient (Wildman–Crippen LogP) is 2.41. The highest BCUT2D eigenvalue weighted by atomic mass is 35.5. The van der Waals surface area contributed by atoms with E-state index in [1.807, 2.05) is 0 Å². The lowest BCUT2D eigenvalue weighted by molar-refractivity contribution is -0.135. The molecule has 1 fully saturated rings. The highest BCUT2D eigenvalue weighted by Crippen LogP contribution is 2.28. The van der Waals surface area contributed by atoms with E-state index in [0.717, 1.165) is 12.8 Å². The number of carbonyl (C=O) groups excluding carboxylic acids is 4. The van der Waals surface area contributed by atoms with Crippen molar-refractivity contribution in [1.29, 1.82) is 0 Å². The van der Waals surface area contributed by atoms with E-state index in [9.17, 15) is 19.2 Å². The Morgan fingerprint density at radius 2 is 1.94 bits per heavy atom. The maximum atomic E-state index is 13.2. The van der Waals surface area contributed by atoms with Gasteiger partial charge in [-0.2, -0.15) is 5.10 Å². The maximum Gasteiger partial charge on any atom is 0.316 e. The zero-order valence-electron chi connectivity index (χ0n) is 18.2. The number of fused-ring (bicyclic) bond motifs is 1. The van der Waals surface area contributed by atoms with E-state index < -0.39 is 11.9 Å². The number of benzene rings is 1. The standard InChI is InChI=1S/C22H22ClN7O4/c1-12(31)21-15-9-13(25-22(24)34)5-8-16(15)30(28-21)11-20(33)29(14-6-7-14)10-19(32)27-18-4-2-3-17(23)26-18/h2-5,8-9,14H,6-7,10-11H2,1H3,(H3,24,25,34)(H,26,27,32). The first-order valence-corrected chi connectivity index (χ1v) is 10.9. The summed E-state index contributed by atoms with van der Waals surface area (Å²) in [5.74, 6) is -0.701. The number of nitrogens with two attached hydrogens (primary N) is 1. The molecule has 12 heteroatoms. The Morgan fingerprint density at radius 3 is 2.59 bits per heavy atom. The van der Waals surface area contributed by atoms with Gasteiger partial charge in [-0.15, -0.1) is 0 Å². The third kappa shape index (κ3) is 5.31. The summed E-state index contributed by atoms with van der Waals surface area (Å²) in [5.41, 5.74) is 6.28. The minimum Gasteiger partial charge on any atom is -0.351 e. The SMILES string of the molecule is CC(=O)c1nn(CC(=O)N(CC(=O)Nc2cccc(Cl)n2)C2CC2)c2ccc(NC(N)=O)cc12. The van der Waals surface area contributed by atoms with Crippen LogP contribution in [0.15, 0.2) is 36.4 Å². The largest absolute Gasteiger partial charge is 0.351 e. The van der Waals surface area contributed by atoms with Gasteiger partial charge in [0.2, 0.25) is 11.8 Å². The van der Waals surface area contributed by atoms with Gasteiger partial charge in [-0.1, -0.05) is 17.7 Å². The molecule has 3 aromatic rings. The van der Waals surface area contributed by atoms with Crippen molar-refractivity contribution in [3.63, 3.8) is 0 Å². The molecular weight excluding hydrogens is 462 g/mol. The lowest BCUT2D eigenvalue weighted by atomic mass is 10.1. The number of hydrogen-bond donors (Lipinski definition) is 3. The van der Waals surface area contributed by atoms with Crippen LogP contribution >= 0.6 is 11.6 Å². The smallest absolute Gasteiger partial charge is 0.316 e. The molecule has 4 rings (SSSR count). The molecule has 176 valence electrons. The minimum atomic E-state index is -0.738. The summed E-state index contributed by atoms with van der Waals surface area (Å²) >= 11 is 5.85. The number of ketones is 1. The number of pyridine rings is 1. The molecule has 0 radical (unpaired) electrons. The third-order valence-electron chi connectivity index (χ3n) is 5.24. The van der Waals surface area contributed by atoms with E-state index in [1.165, 1.54) is 16.5 Å². The average molecular weight is 484 g/mol. The summed E-state index contributed by atoms with van der Waals surface area (Å²) in [7, 11) is 0. The van der Waals surface area contributed by atoms with Gasteiger partial charge in [0.05, 0.1) is 5.52 Å². The summed E-state index contributed by atoms with van der Waals surface area (Å²) in [4.78, 5) is 54.5. The molecule has 0 unspecified atom stereocenters. The van der Waals surface area contributed by atoms with Crippen LogP contribution in [0.4, 0.5) is 16.3 Å². The fraction of sp³-hybridized carbons (Fsp3) is 0.273. The normalized spacial score (nSPS) is 12.9. The molecule has 11 nitrogen and oxygen atoms in total. The van der Waals surface area contributed by atoms with Crippen LogP contribution in [0.3, 0.4) is 0 Å². The molecule has 0 aliphatic heterocycles. The van der Waals surface area contributed by atoms with Crippen molar-refractivity contribution < 1.29 is 19.2 Å². The number of anilines is 2. The van der Waals surface area contributed by atoms with E-state index in [-0.39, 0.29) is 41.7 Å². The van der Waals surface area contributed by atoms with Gasteiger partial charge in [-0.3, -0.25) is 19.1 Å². The highest BCUT2D eigenvalue weighted by Gasteiger charge is 2.34. The second-order valence-electron chi connectivity index (χ2n) is 7.93. The molecule has 0 spiro atoms. The van der Waals surface area contributed by atoms with Gasteiger partial charge in [-0.05, 0) is 43.2 Å². The van der Waals surface area contributed by atoms with Crippen molar-refractivity contribution in [2.45, 2.75) is 32.4 Å². The number of primary amides is 1. The Labute approximate surface area is 199 Å². The van der Waals surface area contributed by atoms with E-state index in [2.05, 4.69) is 20.7 Å². The highest BCUT2D eigenvalue weighted by molar-refractivity contribution is 6.29. The monoisotopic (exact) mass is 483 g/mol. The van der Waals surface area contributed by atoms with E-state index in [0.29, 0.717) is 22.4 Å². The number of urea groups is 1. The Morgan fingerprint density at radius 1 is 1.18 bits per heavy atom. The molecule has 2 aromatic heterocycles. The molecule has 34 heavy (non-hydrogen) atoms. The van der Waals surface area contributed by atoms with Crippen LogP contribution in [0.25, 0.3) is 10.9 Å². The number of nitrogens with one attached hydrogen (secondary N) is 2. The number of halogens is 1. The van der Waals surface area contributed by atoms with E-state index in [4.69, 9.17) is 17.3 Å². The second kappa shape index (κ2) is 9.48. The van der Waals surface area contributed by atoms with Gasteiger partial charge in [0.15, 0.2) is 5.78 Å². The van der Waals surface area contributed by atoms with Crippen LogP contribution in [-0.4, -0.2) is 55.9 Å².